The first kappa shape index (κ1) is 32.1. The van der Waals surface area contributed by atoms with Crippen LogP contribution in [0.25, 0.3) is 11.1 Å². The molecular formula is C30H37NO8S2. The van der Waals surface area contributed by atoms with E-state index in [1.54, 1.807) is 12.1 Å². The molecule has 0 heterocycles. The van der Waals surface area contributed by atoms with Crippen molar-refractivity contribution in [2.75, 3.05) is 31.5 Å². The average molecular weight is 604 g/mol. The summed E-state index contributed by atoms with van der Waals surface area (Å²) in [6.45, 7) is 4.63. The van der Waals surface area contributed by atoms with E-state index in [1.807, 2.05) is 62.4 Å². The average Bonchev–Trinajstić information content (AvgIpc) is 2.88. The minimum Gasteiger partial charge on any atom is -0.494 e. The standard InChI is InChI=1S/C30H37NO8S2/c1-21-15-28(38-13-6-14-40(4,33)34)16-22(2)30(21)25-7-5-8-27(17-25)39-19-23-9-11-24(12-10-23)26(18-29(32)37-3)20-41(31,35)36/h5,7-12,15-17,26H,6,13-14,18-20H2,1-4H3,(H2,31,35,36). The molecule has 0 bridgehead atoms. The van der Waals surface area contributed by atoms with Crippen LogP contribution in [0.15, 0.2) is 60.7 Å². The fourth-order valence-corrected chi connectivity index (χ4v) is 6.12. The molecule has 0 saturated heterocycles. The molecule has 0 fully saturated rings. The van der Waals surface area contributed by atoms with Gasteiger partial charge in [-0.05, 0) is 77.9 Å². The van der Waals surface area contributed by atoms with Crippen molar-refractivity contribution in [3.8, 4) is 22.6 Å². The smallest absolute Gasteiger partial charge is 0.306 e. The van der Waals surface area contributed by atoms with Crippen molar-refractivity contribution in [3.63, 3.8) is 0 Å². The number of methoxy groups -OCH3 is 1. The van der Waals surface area contributed by atoms with Gasteiger partial charge in [-0.3, -0.25) is 4.79 Å². The number of sulfone groups is 1. The van der Waals surface area contributed by atoms with Crippen LogP contribution in [0.5, 0.6) is 11.5 Å². The number of nitrogens with two attached hydrogens (primary N) is 1. The highest BCUT2D eigenvalue weighted by Gasteiger charge is 2.22. The minimum absolute atomic E-state index is 0.0918. The van der Waals surface area contributed by atoms with E-state index in [4.69, 9.17) is 19.3 Å². The molecule has 2 N–H and O–H groups in total. The van der Waals surface area contributed by atoms with Crippen molar-refractivity contribution in [3.05, 3.63) is 82.9 Å². The number of rotatable bonds is 14. The van der Waals surface area contributed by atoms with Crippen LogP contribution in [-0.2, 0) is 36.0 Å². The van der Waals surface area contributed by atoms with Crippen LogP contribution in [0.2, 0.25) is 0 Å². The number of ether oxygens (including phenoxy) is 3. The normalized spacial score (nSPS) is 12.5. The molecule has 1 unspecified atom stereocenters. The van der Waals surface area contributed by atoms with E-state index < -0.39 is 31.7 Å². The molecule has 0 amide bonds. The molecule has 0 spiro atoms. The molecule has 3 rings (SSSR count). The predicted molar refractivity (Wildman–Crippen MR) is 159 cm³/mol. The number of hydrogen-bond donors (Lipinski definition) is 1. The van der Waals surface area contributed by atoms with Crippen LogP contribution < -0.4 is 14.6 Å². The number of sulfonamides is 1. The summed E-state index contributed by atoms with van der Waals surface area (Å²) in [5.41, 5.74) is 5.65. The van der Waals surface area contributed by atoms with Crippen LogP contribution in [-0.4, -0.2) is 54.3 Å². The zero-order valence-electron chi connectivity index (χ0n) is 23.8. The Bertz CT molecular complexity index is 1540. The molecule has 0 aliphatic heterocycles. The summed E-state index contributed by atoms with van der Waals surface area (Å²) in [6.07, 6.45) is 1.56. The maximum atomic E-state index is 11.8. The number of carbonyl (C=O) groups excluding carboxylic acids is 1. The number of carbonyl (C=O) groups is 1. The molecule has 3 aromatic carbocycles. The second-order valence-corrected chi connectivity index (χ2v) is 14.0. The lowest BCUT2D eigenvalue weighted by molar-refractivity contribution is -0.140. The first-order valence-electron chi connectivity index (χ1n) is 13.0. The van der Waals surface area contributed by atoms with Gasteiger partial charge in [0.1, 0.15) is 27.9 Å². The molecule has 9 nitrogen and oxygen atoms in total. The zero-order valence-corrected chi connectivity index (χ0v) is 25.4. The van der Waals surface area contributed by atoms with Gasteiger partial charge in [-0.15, -0.1) is 0 Å². The van der Waals surface area contributed by atoms with E-state index >= 15 is 0 Å². The van der Waals surface area contributed by atoms with E-state index in [-0.39, 0.29) is 17.9 Å². The quantitative estimate of drug-likeness (QED) is 0.213. The second kappa shape index (κ2) is 14.0. The highest BCUT2D eigenvalue weighted by molar-refractivity contribution is 7.90. The van der Waals surface area contributed by atoms with Crippen LogP contribution in [0, 0.1) is 13.8 Å². The van der Waals surface area contributed by atoms with Crippen molar-refractivity contribution in [1.82, 2.24) is 0 Å². The molecule has 3 aromatic rings. The van der Waals surface area contributed by atoms with Gasteiger partial charge in [-0.1, -0.05) is 36.4 Å². The summed E-state index contributed by atoms with van der Waals surface area (Å²) in [5, 5.41) is 5.23. The van der Waals surface area contributed by atoms with Gasteiger partial charge in [-0.2, -0.15) is 0 Å². The number of hydrogen-bond acceptors (Lipinski definition) is 8. The molecule has 1 atom stereocenters. The summed E-state index contributed by atoms with van der Waals surface area (Å²) in [6, 6.07) is 18.9. The molecule has 0 aromatic heterocycles. The summed E-state index contributed by atoms with van der Waals surface area (Å²) in [7, 11) is -5.54. The third kappa shape index (κ3) is 10.5. The Morgan fingerprint density at radius 1 is 0.902 bits per heavy atom. The summed E-state index contributed by atoms with van der Waals surface area (Å²) in [5.74, 6) is -0.00716. The van der Waals surface area contributed by atoms with Gasteiger partial charge in [0.05, 0.1) is 31.6 Å². The van der Waals surface area contributed by atoms with Crippen molar-refractivity contribution >= 4 is 25.8 Å². The molecule has 0 radical (unpaired) electrons. The predicted octanol–water partition coefficient (Wildman–Crippen LogP) is 4.30. The van der Waals surface area contributed by atoms with Gasteiger partial charge in [-0.25, -0.2) is 22.0 Å². The monoisotopic (exact) mass is 603 g/mol. The van der Waals surface area contributed by atoms with Crippen LogP contribution in [0.3, 0.4) is 0 Å². The minimum atomic E-state index is -3.79. The Labute approximate surface area is 242 Å². The van der Waals surface area contributed by atoms with Crippen molar-refractivity contribution in [2.24, 2.45) is 5.14 Å². The lowest BCUT2D eigenvalue weighted by Gasteiger charge is -2.16. The van der Waals surface area contributed by atoms with E-state index in [9.17, 15) is 21.6 Å². The Morgan fingerprint density at radius 3 is 2.15 bits per heavy atom. The molecular weight excluding hydrogens is 566 g/mol. The Morgan fingerprint density at radius 2 is 1.56 bits per heavy atom. The maximum absolute atomic E-state index is 11.8. The van der Waals surface area contributed by atoms with Crippen molar-refractivity contribution in [1.29, 1.82) is 0 Å². The highest BCUT2D eigenvalue weighted by Crippen LogP contribution is 2.33. The van der Waals surface area contributed by atoms with Crippen LogP contribution in [0.1, 0.15) is 41.0 Å². The lowest BCUT2D eigenvalue weighted by atomic mass is 9.95. The molecule has 11 heteroatoms. The largest absolute Gasteiger partial charge is 0.494 e. The van der Waals surface area contributed by atoms with E-state index in [0.29, 0.717) is 36.7 Å². The second-order valence-electron chi connectivity index (χ2n) is 10.1. The fraction of sp³-hybridized carbons (Fsp3) is 0.367. The molecule has 41 heavy (non-hydrogen) atoms. The van der Waals surface area contributed by atoms with E-state index in [1.165, 1.54) is 13.4 Å². The Hall–Kier alpha value is -3.41. The molecule has 0 saturated carbocycles. The number of benzene rings is 3. The van der Waals surface area contributed by atoms with Gasteiger partial charge < -0.3 is 14.2 Å². The van der Waals surface area contributed by atoms with Gasteiger partial charge in [0, 0.05) is 12.2 Å². The van der Waals surface area contributed by atoms with Crippen molar-refractivity contribution in [2.45, 2.75) is 39.2 Å². The maximum Gasteiger partial charge on any atom is 0.306 e. The molecule has 222 valence electrons. The topological polar surface area (TPSA) is 139 Å². The molecule has 0 aliphatic rings. The van der Waals surface area contributed by atoms with Gasteiger partial charge >= 0.3 is 5.97 Å². The number of esters is 1. The zero-order chi connectivity index (χ0) is 30.2. The van der Waals surface area contributed by atoms with Gasteiger partial charge in [0.25, 0.3) is 0 Å². The number of aryl methyl sites for hydroxylation is 2. The number of primary sulfonamides is 1. The lowest BCUT2D eigenvalue weighted by Crippen LogP contribution is -2.24. The third-order valence-corrected chi connectivity index (χ3v) is 8.39. The fourth-order valence-electron chi connectivity index (χ4n) is 4.61. The van der Waals surface area contributed by atoms with Gasteiger partial charge in [0.15, 0.2) is 0 Å². The highest BCUT2D eigenvalue weighted by atomic mass is 32.2. The van der Waals surface area contributed by atoms with Gasteiger partial charge in [0.2, 0.25) is 10.0 Å². The Balaban J connectivity index is 1.68. The first-order chi connectivity index (χ1) is 19.2. The third-order valence-electron chi connectivity index (χ3n) is 6.49. The van der Waals surface area contributed by atoms with E-state index in [2.05, 4.69) is 0 Å². The molecule has 0 aliphatic carbocycles. The van der Waals surface area contributed by atoms with E-state index in [0.717, 1.165) is 27.8 Å². The first-order valence-corrected chi connectivity index (χ1v) is 16.8. The van der Waals surface area contributed by atoms with Crippen LogP contribution >= 0.6 is 0 Å². The van der Waals surface area contributed by atoms with Crippen molar-refractivity contribution < 1.29 is 35.8 Å². The summed E-state index contributed by atoms with van der Waals surface area (Å²) >= 11 is 0. The SMILES string of the molecule is COC(=O)CC(CS(N)(=O)=O)c1ccc(COc2cccc(-c3c(C)cc(OCCCS(C)(=O)=O)cc3C)c2)cc1. The summed E-state index contributed by atoms with van der Waals surface area (Å²) < 4.78 is 62.5. The summed E-state index contributed by atoms with van der Waals surface area (Å²) in [4.78, 5) is 11.8. The Kier molecular flexibility index (Phi) is 10.9. The van der Waals surface area contributed by atoms with Crippen LogP contribution in [0.4, 0.5) is 0 Å².